The van der Waals surface area contributed by atoms with Crippen LogP contribution in [-0.2, 0) is 29.8 Å². The molecule has 2 aromatic carbocycles. The number of allylic oxidation sites excluding steroid dienone is 1. The highest BCUT2D eigenvalue weighted by molar-refractivity contribution is 7.33. The monoisotopic (exact) mass is 389 g/mol. The van der Waals surface area contributed by atoms with Gasteiger partial charge in [-0.05, 0) is 31.9 Å². The van der Waals surface area contributed by atoms with Crippen molar-refractivity contribution in [2.75, 3.05) is 13.2 Å². The lowest BCUT2D eigenvalue weighted by Crippen LogP contribution is -1.97. The lowest BCUT2D eigenvalue weighted by molar-refractivity contribution is -0.111. The first-order valence-corrected chi connectivity index (χ1v) is 9.83. The zero-order chi connectivity index (χ0) is 19.9. The van der Waals surface area contributed by atoms with Crippen molar-refractivity contribution in [3.8, 4) is 0 Å². The predicted octanol–water partition coefficient (Wildman–Crippen LogP) is 5.55. The summed E-state index contributed by atoms with van der Waals surface area (Å²) in [4.78, 5) is 11.6. The summed E-state index contributed by atoms with van der Waals surface area (Å²) in [5.74, 6) is -0.000684. The van der Waals surface area contributed by atoms with Gasteiger partial charge in [-0.2, -0.15) is 0 Å². The average molecular weight is 389 g/mol. The van der Waals surface area contributed by atoms with Gasteiger partial charge in [0.2, 0.25) is 0 Å². The second kappa shape index (κ2) is 13.8. The van der Waals surface area contributed by atoms with Crippen LogP contribution in [0.1, 0.15) is 31.9 Å². The number of ketones is 1. The molecule has 0 radical (unpaired) electrons. The van der Waals surface area contributed by atoms with E-state index in [9.17, 15) is 9.36 Å². The van der Waals surface area contributed by atoms with Gasteiger partial charge in [-0.3, -0.25) is 4.79 Å². The van der Waals surface area contributed by atoms with Crippen molar-refractivity contribution in [3.05, 3.63) is 78.1 Å². The minimum Gasteiger partial charge on any atom is -0.496 e. The smallest absolute Gasteiger partial charge is 0.496 e. The number of carbonyl (C=O) groups excluding carboxylic acids is 1. The molecule has 0 spiro atoms. The van der Waals surface area contributed by atoms with Gasteiger partial charge in [0.05, 0.1) is 11.8 Å². The quantitative estimate of drug-likeness (QED) is 0.320. The maximum Gasteiger partial charge on any atom is 0.697 e. The minimum atomic E-state index is -1.83. The van der Waals surface area contributed by atoms with E-state index in [0.29, 0.717) is 25.4 Å². The number of hydrogen-bond donors (Lipinski definition) is 0. The summed E-state index contributed by atoms with van der Waals surface area (Å²) in [5.41, 5.74) is 2.55. The van der Waals surface area contributed by atoms with E-state index >= 15 is 0 Å². The van der Waals surface area contributed by atoms with Crippen LogP contribution in [0, 0.1) is 0 Å². The van der Waals surface area contributed by atoms with Gasteiger partial charge in [-0.15, -0.1) is 9.05 Å². The third-order valence-electron chi connectivity index (χ3n) is 3.23. The summed E-state index contributed by atoms with van der Waals surface area (Å²) in [7, 11) is -1.83. The Bertz CT molecular complexity index is 706. The first-order valence-electron chi connectivity index (χ1n) is 8.73. The van der Waals surface area contributed by atoms with Crippen molar-refractivity contribution in [1.82, 2.24) is 0 Å². The molecule has 0 aliphatic rings. The van der Waals surface area contributed by atoms with Crippen LogP contribution in [0.3, 0.4) is 0 Å². The van der Waals surface area contributed by atoms with E-state index in [2.05, 4.69) is 9.05 Å². The summed E-state index contributed by atoms with van der Waals surface area (Å²) >= 11 is 0. The number of Topliss-reactive ketones (excluding diaryl/α,β-unsaturated/α-hetero) is 1. The van der Waals surface area contributed by atoms with Crippen LogP contribution in [-0.4, -0.2) is 19.0 Å². The number of benzene rings is 2. The van der Waals surface area contributed by atoms with Crippen molar-refractivity contribution in [2.45, 2.75) is 27.4 Å². The summed E-state index contributed by atoms with van der Waals surface area (Å²) in [6, 6.07) is 19.4. The topological polar surface area (TPSA) is 61.8 Å². The van der Waals surface area contributed by atoms with Crippen LogP contribution in [0.4, 0.5) is 0 Å². The molecule has 0 atom stereocenters. The molecule has 0 bridgehead atoms. The molecule has 0 aliphatic heterocycles. The molecule has 2 rings (SSSR count). The lowest BCUT2D eigenvalue weighted by Gasteiger charge is -2.06. The number of carbonyl (C=O) groups is 1. The van der Waals surface area contributed by atoms with E-state index in [-0.39, 0.29) is 5.78 Å². The van der Waals surface area contributed by atoms with E-state index in [1.54, 1.807) is 27.0 Å². The van der Waals surface area contributed by atoms with Gasteiger partial charge in [0, 0.05) is 4.57 Å². The molecule has 0 amide bonds. The Labute approximate surface area is 161 Å². The highest BCUT2D eigenvalue weighted by Gasteiger charge is 2.15. The first-order chi connectivity index (χ1) is 13.1. The average Bonchev–Trinajstić information content (AvgIpc) is 2.67. The van der Waals surface area contributed by atoms with Crippen LogP contribution in [0.2, 0.25) is 0 Å². The standard InChI is InChI=1S/C17H16O2.C4H10O3P/c1-14(18)17(16-10-6-3-7-11-16)13-19-12-15-8-4-2-5-9-15;1-3-6-8(5)7-4-2/h2-11,13H,12H2,1H3;3-4H2,1-2H3/q;+1/b17-13-;. The highest BCUT2D eigenvalue weighted by atomic mass is 31.1. The molecule has 2 aromatic rings. The molecule has 0 N–H and O–H groups in total. The van der Waals surface area contributed by atoms with Gasteiger partial charge in [0.15, 0.2) is 5.78 Å². The van der Waals surface area contributed by atoms with Crippen LogP contribution in [0.5, 0.6) is 0 Å². The molecule has 0 saturated carbocycles. The minimum absolute atomic E-state index is 0.000684. The van der Waals surface area contributed by atoms with Crippen molar-refractivity contribution in [3.63, 3.8) is 0 Å². The van der Waals surface area contributed by atoms with E-state index in [0.717, 1.165) is 11.1 Å². The molecule has 5 nitrogen and oxygen atoms in total. The Hall–Kier alpha value is -2.33. The molecule has 6 heteroatoms. The Balaban J connectivity index is 0.000000387. The Morgan fingerprint density at radius 1 is 0.926 bits per heavy atom. The predicted molar refractivity (Wildman–Crippen MR) is 107 cm³/mol. The van der Waals surface area contributed by atoms with Crippen LogP contribution in [0.15, 0.2) is 66.9 Å². The highest BCUT2D eigenvalue weighted by Crippen LogP contribution is 2.22. The second-order valence-electron chi connectivity index (χ2n) is 5.31. The van der Waals surface area contributed by atoms with E-state index in [4.69, 9.17) is 4.74 Å². The van der Waals surface area contributed by atoms with Gasteiger partial charge in [-0.25, -0.2) is 0 Å². The van der Waals surface area contributed by atoms with Crippen molar-refractivity contribution < 1.29 is 23.1 Å². The van der Waals surface area contributed by atoms with E-state index in [1.807, 2.05) is 60.7 Å². The molecule has 144 valence electrons. The van der Waals surface area contributed by atoms with Crippen LogP contribution < -0.4 is 0 Å². The van der Waals surface area contributed by atoms with Gasteiger partial charge in [-0.1, -0.05) is 60.7 Å². The molecule has 0 saturated heterocycles. The number of rotatable bonds is 9. The molecule has 0 aromatic heterocycles. The fourth-order valence-electron chi connectivity index (χ4n) is 2.02. The summed E-state index contributed by atoms with van der Waals surface area (Å²) < 4.78 is 25.0. The van der Waals surface area contributed by atoms with Crippen molar-refractivity contribution in [2.24, 2.45) is 0 Å². The summed E-state index contributed by atoms with van der Waals surface area (Å²) in [6.45, 7) is 6.43. The van der Waals surface area contributed by atoms with Gasteiger partial charge in [0.25, 0.3) is 0 Å². The number of hydrogen-bond acceptors (Lipinski definition) is 5. The lowest BCUT2D eigenvalue weighted by atomic mass is 10.0. The van der Waals surface area contributed by atoms with Gasteiger partial charge >= 0.3 is 8.25 Å². The largest absolute Gasteiger partial charge is 0.697 e. The second-order valence-corrected chi connectivity index (χ2v) is 6.27. The molecule has 0 aliphatic carbocycles. The molecule has 0 fully saturated rings. The first kappa shape index (κ1) is 22.7. The van der Waals surface area contributed by atoms with Crippen LogP contribution >= 0.6 is 8.25 Å². The third kappa shape index (κ3) is 9.80. The fraction of sp³-hybridized carbons (Fsp3) is 0.286. The van der Waals surface area contributed by atoms with Crippen LogP contribution in [0.25, 0.3) is 5.57 Å². The zero-order valence-corrected chi connectivity index (χ0v) is 16.9. The third-order valence-corrected chi connectivity index (χ3v) is 4.17. The van der Waals surface area contributed by atoms with E-state index < -0.39 is 8.25 Å². The number of ether oxygens (including phenoxy) is 1. The van der Waals surface area contributed by atoms with Crippen molar-refractivity contribution in [1.29, 1.82) is 0 Å². The van der Waals surface area contributed by atoms with E-state index in [1.165, 1.54) is 0 Å². The molecular weight excluding hydrogens is 363 g/mol. The van der Waals surface area contributed by atoms with Crippen molar-refractivity contribution >= 4 is 19.6 Å². The molecule has 27 heavy (non-hydrogen) atoms. The SMILES string of the molecule is CC(=O)/C(=C/OCc1ccccc1)c1ccccc1.CCO[P+](=O)OCC. The Morgan fingerprint density at radius 2 is 1.44 bits per heavy atom. The normalized spacial score (nSPS) is 10.6. The fourth-order valence-corrected chi connectivity index (χ4v) is 2.51. The maximum absolute atomic E-state index is 11.6. The Morgan fingerprint density at radius 3 is 1.93 bits per heavy atom. The zero-order valence-electron chi connectivity index (χ0n) is 16.0. The van der Waals surface area contributed by atoms with Gasteiger partial charge < -0.3 is 4.74 Å². The molecule has 0 heterocycles. The Kier molecular flexibility index (Phi) is 11.6. The summed E-state index contributed by atoms with van der Waals surface area (Å²) in [6.07, 6.45) is 1.55. The summed E-state index contributed by atoms with van der Waals surface area (Å²) in [5, 5.41) is 0. The molecule has 0 unspecified atom stereocenters. The van der Waals surface area contributed by atoms with Gasteiger partial charge in [0.1, 0.15) is 19.8 Å². The molecular formula is C21H26O5P+. The maximum atomic E-state index is 11.6.